The van der Waals surface area contributed by atoms with Crippen molar-refractivity contribution in [3.05, 3.63) is 106 Å². The fourth-order valence-corrected chi connectivity index (χ4v) is 3.07. The van der Waals surface area contributed by atoms with E-state index in [0.717, 1.165) is 17.0 Å². The maximum atomic E-state index is 13.1. The molecule has 0 aliphatic carbocycles. The molecule has 0 amide bonds. The van der Waals surface area contributed by atoms with Crippen LogP contribution in [0.5, 0.6) is 0 Å². The number of halogens is 1. The highest BCUT2D eigenvalue weighted by atomic mass is 19.2. The first-order valence-electron chi connectivity index (χ1n) is 13.1. The van der Waals surface area contributed by atoms with Crippen molar-refractivity contribution in [3.8, 4) is 0 Å². The number of hydrogen-bond donors (Lipinski definition) is 1. The van der Waals surface area contributed by atoms with Crippen molar-refractivity contribution in [2.45, 2.75) is 54.4 Å². The number of rotatable bonds is 9. The molecular formula is C33H45FN2. The van der Waals surface area contributed by atoms with Gasteiger partial charge in [0.1, 0.15) is 0 Å². The molecule has 0 unspecified atom stereocenters. The zero-order valence-corrected chi connectivity index (χ0v) is 23.0. The Bertz CT molecular complexity index is 1020. The lowest BCUT2D eigenvalue weighted by Crippen LogP contribution is -2.23. The highest BCUT2D eigenvalue weighted by Gasteiger charge is 2.00. The molecule has 3 rings (SSSR count). The molecule has 36 heavy (non-hydrogen) atoms. The van der Waals surface area contributed by atoms with Gasteiger partial charge in [0.25, 0.3) is 0 Å². The minimum atomic E-state index is -0.0684. The molecule has 0 aliphatic rings. The van der Waals surface area contributed by atoms with E-state index in [-0.39, 0.29) is 6.67 Å². The predicted molar refractivity (Wildman–Crippen MR) is 159 cm³/mol. The van der Waals surface area contributed by atoms with Crippen LogP contribution in [0.2, 0.25) is 0 Å². The van der Waals surface area contributed by atoms with E-state index < -0.39 is 0 Å². The van der Waals surface area contributed by atoms with Crippen molar-refractivity contribution < 1.29 is 4.48 Å². The number of aryl methyl sites for hydroxylation is 1. The Balaban J connectivity index is 0.000000826. The van der Waals surface area contributed by atoms with E-state index in [9.17, 15) is 4.48 Å². The molecule has 0 fully saturated rings. The van der Waals surface area contributed by atoms with Gasteiger partial charge < -0.3 is 5.73 Å². The van der Waals surface area contributed by atoms with Gasteiger partial charge in [-0.25, -0.2) is 0 Å². The average molecular weight is 489 g/mol. The summed E-state index contributed by atoms with van der Waals surface area (Å²) in [5, 5.41) is 0.620. The average Bonchev–Trinajstić information content (AvgIpc) is 2.92. The normalized spacial score (nSPS) is 10.9. The van der Waals surface area contributed by atoms with E-state index in [1.807, 2.05) is 44.2 Å². The Kier molecular flexibility index (Phi) is 15.8. The molecule has 0 aromatic heterocycles. The summed E-state index contributed by atoms with van der Waals surface area (Å²) in [4.78, 5) is 0. The Labute approximate surface area is 219 Å². The van der Waals surface area contributed by atoms with Gasteiger partial charge in [0, 0.05) is 6.54 Å². The van der Waals surface area contributed by atoms with Gasteiger partial charge in [-0.15, -0.1) is 9.60 Å². The van der Waals surface area contributed by atoms with Crippen molar-refractivity contribution in [3.63, 3.8) is 0 Å². The van der Waals surface area contributed by atoms with Crippen LogP contribution in [0.1, 0.15) is 74.4 Å². The van der Waals surface area contributed by atoms with E-state index in [4.69, 9.17) is 5.73 Å². The quantitative estimate of drug-likeness (QED) is 0.185. The van der Waals surface area contributed by atoms with Crippen molar-refractivity contribution in [2.75, 3.05) is 13.2 Å². The van der Waals surface area contributed by atoms with Crippen LogP contribution in [0.15, 0.2) is 72.8 Å². The first-order valence-corrected chi connectivity index (χ1v) is 13.1. The van der Waals surface area contributed by atoms with Crippen LogP contribution < -0.4 is 5.73 Å². The van der Waals surface area contributed by atoms with Crippen LogP contribution in [0, 0.1) is 12.8 Å². The maximum Gasteiger partial charge on any atom is 0.0757 e. The van der Waals surface area contributed by atoms with Crippen LogP contribution in [-0.2, 0) is 6.42 Å². The zero-order valence-electron chi connectivity index (χ0n) is 23.0. The van der Waals surface area contributed by atoms with Crippen LogP contribution in [-0.4, -0.2) is 18.3 Å². The molecule has 0 saturated heterocycles. The fourth-order valence-electron chi connectivity index (χ4n) is 3.07. The Morgan fingerprint density at radius 1 is 0.806 bits per heavy atom. The predicted octanol–water partition coefficient (Wildman–Crippen LogP) is 9.06. The van der Waals surface area contributed by atoms with Crippen molar-refractivity contribution >= 4 is 24.3 Å². The topological polar surface area (TPSA) is 29.3 Å². The molecule has 3 aromatic rings. The van der Waals surface area contributed by atoms with E-state index >= 15 is 0 Å². The Hall–Kier alpha value is -3.01. The summed E-state index contributed by atoms with van der Waals surface area (Å²) >= 11 is 0. The summed E-state index contributed by atoms with van der Waals surface area (Å²) in [5.41, 5.74) is 12.3. The molecule has 0 spiro atoms. The third-order valence-corrected chi connectivity index (χ3v) is 5.65. The van der Waals surface area contributed by atoms with Gasteiger partial charge in [0.2, 0.25) is 0 Å². The molecule has 2 nitrogen and oxygen atoms in total. The molecule has 3 heteroatoms. The van der Waals surface area contributed by atoms with Gasteiger partial charge in [-0.2, -0.15) is 0 Å². The third-order valence-electron chi connectivity index (χ3n) is 5.65. The first kappa shape index (κ1) is 31.0. The number of nitrogens with two attached hydrogens (primary N) is 1. The van der Waals surface area contributed by atoms with Crippen molar-refractivity contribution in [1.82, 2.24) is 5.12 Å². The second-order valence-corrected chi connectivity index (χ2v) is 8.86. The second kappa shape index (κ2) is 18.3. The molecule has 2 N–H and O–H groups in total. The fraction of sp³-hybridized carbons (Fsp3) is 0.333. The minimum Gasteiger partial charge on any atom is -0.316 e. The monoisotopic (exact) mass is 488 g/mol. The van der Waals surface area contributed by atoms with E-state index in [2.05, 4.69) is 94.5 Å². The molecule has 194 valence electrons. The summed E-state index contributed by atoms with van der Waals surface area (Å²) in [7, 11) is 0. The standard InChI is InChI=1S/C26H27FN2.C5H12.C2H6/c1-21-19-25(14-16-26(21)15-13-22-5-3-2-4-6-22)12-11-23-7-9-24(10-8-23)17-18-29(27)20-28;1-4-5(2)3;1-2/h2-16,19H,17-18,20,28H2,1H3;5H,4H2,1-3H3;1-2H3/b12-11+,15-13+;;. The molecule has 0 atom stereocenters. The van der Waals surface area contributed by atoms with Crippen LogP contribution in [0.25, 0.3) is 24.3 Å². The lowest BCUT2D eigenvalue weighted by atomic mass is 10.0. The summed E-state index contributed by atoms with van der Waals surface area (Å²) in [6, 6.07) is 25.0. The summed E-state index contributed by atoms with van der Waals surface area (Å²) < 4.78 is 13.1. The minimum absolute atomic E-state index is 0.0684. The van der Waals surface area contributed by atoms with Crippen molar-refractivity contribution in [1.29, 1.82) is 0 Å². The maximum absolute atomic E-state index is 13.1. The van der Waals surface area contributed by atoms with Crippen LogP contribution in [0.3, 0.4) is 0 Å². The number of benzene rings is 3. The SMILES string of the molecule is CC.CCC(C)C.Cc1cc(/C=C/c2ccc(CCN(F)CN)cc2)ccc1/C=C/c1ccccc1. The smallest absolute Gasteiger partial charge is 0.0757 e. The molecule has 0 radical (unpaired) electrons. The van der Waals surface area contributed by atoms with Gasteiger partial charge in [-0.05, 0) is 52.6 Å². The molecule has 3 aromatic carbocycles. The second-order valence-electron chi connectivity index (χ2n) is 8.86. The molecule has 0 bridgehead atoms. The number of hydrogen-bond acceptors (Lipinski definition) is 2. The van der Waals surface area contributed by atoms with Gasteiger partial charge in [-0.3, -0.25) is 0 Å². The van der Waals surface area contributed by atoms with Crippen molar-refractivity contribution in [2.24, 2.45) is 11.7 Å². The lowest BCUT2D eigenvalue weighted by molar-refractivity contribution is 0.0300. The highest BCUT2D eigenvalue weighted by Crippen LogP contribution is 2.17. The summed E-state index contributed by atoms with van der Waals surface area (Å²) in [6.45, 7) is 13.0. The molecular weight excluding hydrogens is 443 g/mol. The van der Waals surface area contributed by atoms with E-state index in [1.54, 1.807) is 0 Å². The lowest BCUT2D eigenvalue weighted by Gasteiger charge is -2.08. The Morgan fingerprint density at radius 2 is 1.33 bits per heavy atom. The summed E-state index contributed by atoms with van der Waals surface area (Å²) in [5.74, 6) is 0.884. The molecule has 0 aliphatic heterocycles. The van der Waals surface area contributed by atoms with E-state index in [1.165, 1.54) is 28.7 Å². The van der Waals surface area contributed by atoms with Gasteiger partial charge in [-0.1, -0.05) is 138 Å². The van der Waals surface area contributed by atoms with Gasteiger partial charge in [0.15, 0.2) is 0 Å². The number of nitrogens with zero attached hydrogens (tertiary/aromatic N) is 1. The third kappa shape index (κ3) is 12.6. The largest absolute Gasteiger partial charge is 0.316 e. The first-order chi connectivity index (χ1) is 17.4. The zero-order chi connectivity index (χ0) is 26.8. The van der Waals surface area contributed by atoms with Crippen LogP contribution in [0.4, 0.5) is 4.48 Å². The highest BCUT2D eigenvalue weighted by molar-refractivity contribution is 5.74. The molecule has 0 saturated carbocycles. The van der Waals surface area contributed by atoms with E-state index in [0.29, 0.717) is 18.1 Å². The summed E-state index contributed by atoms with van der Waals surface area (Å²) in [6.07, 6.45) is 10.5. The van der Waals surface area contributed by atoms with Gasteiger partial charge >= 0.3 is 0 Å². The Morgan fingerprint density at radius 3 is 1.89 bits per heavy atom. The van der Waals surface area contributed by atoms with Gasteiger partial charge in [0.05, 0.1) is 6.67 Å². The molecule has 0 heterocycles. The van der Waals surface area contributed by atoms with Crippen LogP contribution >= 0.6 is 0 Å².